The van der Waals surface area contributed by atoms with E-state index in [1.807, 2.05) is 17.5 Å². The van der Waals surface area contributed by atoms with E-state index in [4.69, 9.17) is 4.42 Å². The highest BCUT2D eigenvalue weighted by molar-refractivity contribution is 9.10. The molecule has 0 spiro atoms. The van der Waals surface area contributed by atoms with Crippen molar-refractivity contribution in [3.8, 4) is 10.8 Å². The number of nitrogens with zero attached hydrogens (tertiary/aromatic N) is 2. The average Bonchev–Trinajstić information content (AvgIpc) is 3.09. The summed E-state index contributed by atoms with van der Waals surface area (Å²) in [5.41, 5.74) is 0.518. The zero-order valence-corrected chi connectivity index (χ0v) is 12.4. The van der Waals surface area contributed by atoms with Crippen LogP contribution in [0.25, 0.3) is 10.8 Å². The van der Waals surface area contributed by atoms with E-state index in [9.17, 15) is 4.79 Å². The minimum atomic E-state index is -0.293. The molecule has 2 heterocycles. The van der Waals surface area contributed by atoms with Crippen LogP contribution in [-0.2, 0) is 0 Å². The van der Waals surface area contributed by atoms with Gasteiger partial charge in [-0.3, -0.25) is 10.1 Å². The summed E-state index contributed by atoms with van der Waals surface area (Å²) in [4.78, 5) is 12.8. The van der Waals surface area contributed by atoms with Gasteiger partial charge in [-0.25, -0.2) is 0 Å². The van der Waals surface area contributed by atoms with Crippen LogP contribution < -0.4 is 5.32 Å². The van der Waals surface area contributed by atoms with Gasteiger partial charge in [-0.2, -0.15) is 0 Å². The van der Waals surface area contributed by atoms with Crippen LogP contribution in [0.4, 0.5) is 6.01 Å². The summed E-state index contributed by atoms with van der Waals surface area (Å²) in [6.07, 6.45) is 0. The quantitative estimate of drug-likeness (QED) is 0.780. The third-order valence-electron chi connectivity index (χ3n) is 2.48. The third-order valence-corrected chi connectivity index (χ3v) is 3.87. The van der Waals surface area contributed by atoms with Gasteiger partial charge in [0.15, 0.2) is 0 Å². The van der Waals surface area contributed by atoms with Crippen molar-refractivity contribution in [1.82, 2.24) is 10.2 Å². The van der Waals surface area contributed by atoms with Gasteiger partial charge in [0.05, 0.1) is 4.88 Å². The first-order valence-corrected chi connectivity index (χ1v) is 7.34. The molecule has 0 saturated heterocycles. The van der Waals surface area contributed by atoms with E-state index >= 15 is 0 Å². The maximum absolute atomic E-state index is 12.0. The predicted molar refractivity (Wildman–Crippen MR) is 79.7 cm³/mol. The molecule has 0 unspecified atom stereocenters. The monoisotopic (exact) mass is 349 g/mol. The molecule has 1 aromatic carbocycles. The SMILES string of the molecule is O=C(Nc1nnc(-c2cccs2)o1)c1ccc(Br)cc1. The highest BCUT2D eigenvalue weighted by Crippen LogP contribution is 2.24. The van der Waals surface area contributed by atoms with Gasteiger partial charge in [0.25, 0.3) is 11.8 Å². The Morgan fingerprint density at radius 2 is 2.00 bits per heavy atom. The second-order valence-corrected chi connectivity index (χ2v) is 5.71. The zero-order valence-electron chi connectivity index (χ0n) is 10.0. The van der Waals surface area contributed by atoms with Gasteiger partial charge in [-0.05, 0) is 35.7 Å². The largest absolute Gasteiger partial charge is 0.402 e. The molecule has 0 saturated carbocycles. The van der Waals surface area contributed by atoms with Crippen LogP contribution in [0.15, 0.2) is 50.7 Å². The number of aromatic nitrogens is 2. The summed E-state index contributed by atoms with van der Waals surface area (Å²) in [5, 5.41) is 12.2. The minimum Gasteiger partial charge on any atom is -0.402 e. The van der Waals surface area contributed by atoms with Crippen molar-refractivity contribution in [2.24, 2.45) is 0 Å². The molecule has 5 nitrogen and oxygen atoms in total. The lowest BCUT2D eigenvalue weighted by atomic mass is 10.2. The Morgan fingerprint density at radius 3 is 2.70 bits per heavy atom. The van der Waals surface area contributed by atoms with Crippen molar-refractivity contribution in [2.45, 2.75) is 0 Å². The third kappa shape index (κ3) is 2.78. The second-order valence-electron chi connectivity index (χ2n) is 3.85. The lowest BCUT2D eigenvalue weighted by molar-refractivity contribution is 0.102. The molecule has 0 radical (unpaired) electrons. The molecule has 0 aliphatic heterocycles. The summed E-state index contributed by atoms with van der Waals surface area (Å²) in [7, 11) is 0. The standard InChI is InChI=1S/C13H8BrN3O2S/c14-9-5-3-8(4-6-9)11(18)15-13-17-16-12(19-13)10-2-1-7-20-10/h1-7H,(H,15,17,18). The summed E-state index contributed by atoms with van der Waals surface area (Å²) in [5.74, 6) is 0.102. The fourth-order valence-corrected chi connectivity index (χ4v) is 2.45. The lowest BCUT2D eigenvalue weighted by Gasteiger charge is -2.00. The zero-order chi connectivity index (χ0) is 13.9. The minimum absolute atomic E-state index is 0.0846. The Balaban J connectivity index is 1.75. The Labute approximate surface area is 126 Å². The second kappa shape index (κ2) is 5.56. The number of hydrogen-bond donors (Lipinski definition) is 1. The number of hydrogen-bond acceptors (Lipinski definition) is 5. The molecule has 2 aromatic heterocycles. The van der Waals surface area contributed by atoms with Crippen molar-refractivity contribution in [1.29, 1.82) is 0 Å². The normalized spacial score (nSPS) is 10.4. The van der Waals surface area contributed by atoms with E-state index in [-0.39, 0.29) is 11.9 Å². The molecule has 7 heteroatoms. The van der Waals surface area contributed by atoms with Crippen molar-refractivity contribution >= 4 is 39.2 Å². The van der Waals surface area contributed by atoms with Gasteiger partial charge >= 0.3 is 6.01 Å². The van der Waals surface area contributed by atoms with Gasteiger partial charge in [0.2, 0.25) is 0 Å². The molecule has 0 fully saturated rings. The molecular weight excluding hydrogens is 342 g/mol. The molecule has 0 atom stereocenters. The summed E-state index contributed by atoms with van der Waals surface area (Å²) < 4.78 is 6.30. The number of nitrogens with one attached hydrogen (secondary N) is 1. The van der Waals surface area contributed by atoms with Crippen LogP contribution in [0.3, 0.4) is 0 Å². The molecule has 0 aliphatic rings. The van der Waals surface area contributed by atoms with E-state index < -0.39 is 0 Å². The molecule has 0 aliphatic carbocycles. The Bertz CT molecular complexity index is 722. The van der Waals surface area contributed by atoms with Gasteiger partial charge in [-0.1, -0.05) is 27.1 Å². The number of thiophene rings is 1. The Hall–Kier alpha value is -1.99. The van der Waals surface area contributed by atoms with E-state index in [1.165, 1.54) is 11.3 Å². The molecule has 1 N–H and O–H groups in total. The lowest BCUT2D eigenvalue weighted by Crippen LogP contribution is -2.11. The maximum Gasteiger partial charge on any atom is 0.322 e. The topological polar surface area (TPSA) is 68.0 Å². The van der Waals surface area contributed by atoms with Gasteiger partial charge in [0, 0.05) is 10.0 Å². The summed E-state index contributed by atoms with van der Waals surface area (Å²) in [6.45, 7) is 0. The van der Waals surface area contributed by atoms with Crippen molar-refractivity contribution in [2.75, 3.05) is 5.32 Å². The van der Waals surface area contributed by atoms with Gasteiger partial charge < -0.3 is 4.42 Å². The Kier molecular flexibility index (Phi) is 3.62. The summed E-state index contributed by atoms with van der Waals surface area (Å²) in [6, 6.07) is 10.8. The number of anilines is 1. The molecule has 1 amide bonds. The molecule has 3 rings (SSSR count). The maximum atomic E-state index is 12.0. The van der Waals surface area contributed by atoms with Gasteiger partial charge in [0.1, 0.15) is 0 Å². The fraction of sp³-hybridized carbons (Fsp3) is 0. The first-order chi connectivity index (χ1) is 9.72. The van der Waals surface area contributed by atoms with Crippen LogP contribution in [0.2, 0.25) is 0 Å². The number of halogens is 1. The number of carbonyl (C=O) groups is 1. The Morgan fingerprint density at radius 1 is 1.20 bits per heavy atom. The first kappa shape index (κ1) is 13.0. The molecule has 0 bridgehead atoms. The number of rotatable bonds is 3. The van der Waals surface area contributed by atoms with E-state index in [0.717, 1.165) is 9.35 Å². The van der Waals surface area contributed by atoms with Gasteiger partial charge in [-0.15, -0.1) is 16.4 Å². The predicted octanol–water partition coefficient (Wildman–Crippen LogP) is 3.81. The number of amides is 1. The highest BCUT2D eigenvalue weighted by atomic mass is 79.9. The smallest absolute Gasteiger partial charge is 0.322 e. The van der Waals surface area contributed by atoms with E-state index in [2.05, 4.69) is 31.4 Å². The van der Waals surface area contributed by atoms with Crippen LogP contribution in [0, 0.1) is 0 Å². The van der Waals surface area contributed by atoms with E-state index in [1.54, 1.807) is 24.3 Å². The summed E-state index contributed by atoms with van der Waals surface area (Å²) >= 11 is 4.81. The highest BCUT2D eigenvalue weighted by Gasteiger charge is 2.13. The van der Waals surface area contributed by atoms with E-state index in [0.29, 0.717) is 11.5 Å². The van der Waals surface area contributed by atoms with Crippen LogP contribution in [0.5, 0.6) is 0 Å². The van der Waals surface area contributed by atoms with Crippen molar-refractivity contribution < 1.29 is 9.21 Å². The molecule has 20 heavy (non-hydrogen) atoms. The van der Waals surface area contributed by atoms with Crippen LogP contribution in [-0.4, -0.2) is 16.1 Å². The number of carbonyl (C=O) groups excluding carboxylic acids is 1. The molecular formula is C13H8BrN3O2S. The van der Waals surface area contributed by atoms with Crippen molar-refractivity contribution in [3.63, 3.8) is 0 Å². The van der Waals surface area contributed by atoms with Crippen LogP contribution >= 0.6 is 27.3 Å². The molecule has 3 aromatic rings. The molecule has 100 valence electrons. The first-order valence-electron chi connectivity index (χ1n) is 5.67. The number of benzene rings is 1. The fourth-order valence-electron chi connectivity index (χ4n) is 1.54. The van der Waals surface area contributed by atoms with Crippen molar-refractivity contribution in [3.05, 3.63) is 51.8 Å². The van der Waals surface area contributed by atoms with Crippen LogP contribution in [0.1, 0.15) is 10.4 Å². The average molecular weight is 350 g/mol.